The highest BCUT2D eigenvalue weighted by Gasteiger charge is 2.20. The molecule has 3 rings (SSSR count). The summed E-state index contributed by atoms with van der Waals surface area (Å²) in [6.07, 6.45) is 2.63. The summed E-state index contributed by atoms with van der Waals surface area (Å²) in [7, 11) is 1.61. The van der Waals surface area contributed by atoms with Crippen LogP contribution in [0.25, 0.3) is 0 Å². The number of rotatable bonds is 3. The third kappa shape index (κ3) is 3.59. The van der Waals surface area contributed by atoms with Gasteiger partial charge in [0.05, 0.1) is 21.5 Å². The largest absolute Gasteiger partial charge is 0.496 e. The average molecular weight is 420 g/mol. The summed E-state index contributed by atoms with van der Waals surface area (Å²) in [6.45, 7) is 0. The van der Waals surface area contributed by atoms with Gasteiger partial charge < -0.3 is 4.74 Å². The first kappa shape index (κ1) is 17.6. The maximum absolute atomic E-state index is 10.9. The molecule has 1 heterocycles. The molecule has 2 aromatic carbocycles. The number of nitrogens with zero attached hydrogens (tertiary/aromatic N) is 3. The van der Waals surface area contributed by atoms with Crippen molar-refractivity contribution in [3.63, 3.8) is 0 Å². The zero-order valence-electron chi connectivity index (χ0n) is 13.5. The van der Waals surface area contributed by atoms with Crippen LogP contribution in [0.15, 0.2) is 51.1 Å². The van der Waals surface area contributed by atoms with Gasteiger partial charge in [0.2, 0.25) is 0 Å². The number of hydrogen-bond donors (Lipinski definition) is 0. The second-order valence-corrected chi connectivity index (χ2v) is 7.00. The first-order chi connectivity index (χ1) is 12.0. The molecule has 6 nitrogen and oxygen atoms in total. The first-order valence-electron chi connectivity index (χ1n) is 7.33. The Morgan fingerprint density at radius 1 is 1.24 bits per heavy atom. The topological polar surface area (TPSA) is 77.1 Å². The van der Waals surface area contributed by atoms with E-state index in [1.54, 1.807) is 31.0 Å². The number of ether oxygens (including phenoxy) is 1. The average Bonchev–Trinajstić information content (AvgIpc) is 2.79. The molecular weight excluding hydrogens is 406 g/mol. The predicted octanol–water partition coefficient (Wildman–Crippen LogP) is 4.44. The maximum Gasteiger partial charge on any atom is 0.269 e. The number of non-ortho nitro benzene ring substituents is 1. The van der Waals surface area contributed by atoms with Crippen LogP contribution in [0.3, 0.4) is 0 Å². The second-order valence-electron chi connectivity index (χ2n) is 5.27. The van der Waals surface area contributed by atoms with E-state index < -0.39 is 4.92 Å². The lowest BCUT2D eigenvalue weighted by atomic mass is 9.96. The van der Waals surface area contributed by atoms with Crippen LogP contribution in [0.2, 0.25) is 0 Å². The summed E-state index contributed by atoms with van der Waals surface area (Å²) in [5.74, 6) is 0.695. The van der Waals surface area contributed by atoms with Crippen molar-refractivity contribution in [1.29, 1.82) is 0 Å². The number of nitro groups is 1. The Morgan fingerprint density at radius 3 is 2.56 bits per heavy atom. The third-order valence-corrected chi connectivity index (χ3v) is 5.14. The number of nitro benzene ring substituents is 1. The van der Waals surface area contributed by atoms with Gasteiger partial charge >= 0.3 is 0 Å². The molecule has 25 heavy (non-hydrogen) atoms. The van der Waals surface area contributed by atoms with E-state index in [-0.39, 0.29) is 5.69 Å². The Morgan fingerprint density at radius 2 is 1.96 bits per heavy atom. The predicted molar refractivity (Wildman–Crippen MR) is 104 cm³/mol. The fraction of sp³-hybridized carbons (Fsp3) is 0.176. The SMILES string of the molecule is COc1cc2c(cc1Br)CC(SC)=NN=C2c1ccc([N+](=O)[O-])cc1. The number of thioether (sulfide) groups is 1. The van der Waals surface area contributed by atoms with Crippen LogP contribution in [0, 0.1) is 10.1 Å². The smallest absolute Gasteiger partial charge is 0.269 e. The molecule has 1 aliphatic rings. The van der Waals surface area contributed by atoms with Gasteiger partial charge in [-0.3, -0.25) is 10.1 Å². The molecule has 0 spiro atoms. The van der Waals surface area contributed by atoms with Gasteiger partial charge in [-0.25, -0.2) is 0 Å². The molecule has 1 aliphatic heterocycles. The molecule has 0 radical (unpaired) electrons. The second kappa shape index (κ2) is 7.37. The molecule has 0 bridgehead atoms. The van der Waals surface area contributed by atoms with E-state index in [1.807, 2.05) is 18.4 Å². The number of fused-ring (bicyclic) bond motifs is 1. The highest BCUT2D eigenvalue weighted by Crippen LogP contribution is 2.32. The summed E-state index contributed by atoms with van der Waals surface area (Å²) >= 11 is 5.07. The van der Waals surface area contributed by atoms with Crippen LogP contribution in [-0.4, -0.2) is 29.0 Å². The van der Waals surface area contributed by atoms with E-state index in [0.717, 1.165) is 26.2 Å². The van der Waals surface area contributed by atoms with Gasteiger partial charge in [-0.15, -0.1) is 22.0 Å². The van der Waals surface area contributed by atoms with E-state index in [2.05, 4.69) is 26.1 Å². The Hall–Kier alpha value is -2.19. The number of benzene rings is 2. The van der Waals surface area contributed by atoms with Crippen molar-refractivity contribution in [3.8, 4) is 5.75 Å². The number of hydrogen-bond acceptors (Lipinski definition) is 6. The van der Waals surface area contributed by atoms with Crippen molar-refractivity contribution >= 4 is 44.1 Å². The van der Waals surface area contributed by atoms with Crippen molar-refractivity contribution in [2.75, 3.05) is 13.4 Å². The molecule has 0 atom stereocenters. The quantitative estimate of drug-likeness (QED) is 0.544. The molecule has 0 fully saturated rings. The van der Waals surface area contributed by atoms with E-state index in [4.69, 9.17) is 4.74 Å². The lowest BCUT2D eigenvalue weighted by Gasteiger charge is -2.13. The zero-order chi connectivity index (χ0) is 18.0. The van der Waals surface area contributed by atoms with Crippen molar-refractivity contribution in [3.05, 3.63) is 67.7 Å². The third-order valence-electron chi connectivity index (χ3n) is 3.82. The summed E-state index contributed by atoms with van der Waals surface area (Å²) in [4.78, 5) is 10.5. The molecule has 0 saturated carbocycles. The molecule has 0 N–H and O–H groups in total. The Kier molecular flexibility index (Phi) is 5.19. The standard InChI is InChI=1S/C17H14BrN3O3S/c1-24-15-9-13-11(7-14(15)18)8-16(25-2)19-20-17(13)10-3-5-12(6-4-10)21(22)23/h3-7,9H,8H2,1-2H3. The van der Waals surface area contributed by atoms with Crippen molar-refractivity contribution < 1.29 is 9.66 Å². The fourth-order valence-electron chi connectivity index (χ4n) is 2.54. The van der Waals surface area contributed by atoms with E-state index in [1.165, 1.54) is 12.1 Å². The Bertz CT molecular complexity index is 895. The molecule has 0 amide bonds. The van der Waals surface area contributed by atoms with E-state index in [0.29, 0.717) is 17.9 Å². The van der Waals surface area contributed by atoms with Crippen LogP contribution in [-0.2, 0) is 6.42 Å². The molecule has 0 aromatic heterocycles. The van der Waals surface area contributed by atoms with Crippen molar-refractivity contribution in [2.24, 2.45) is 10.2 Å². The van der Waals surface area contributed by atoms with Gasteiger partial charge in [0.25, 0.3) is 5.69 Å². The van der Waals surface area contributed by atoms with Gasteiger partial charge in [-0.1, -0.05) is 0 Å². The van der Waals surface area contributed by atoms with Crippen molar-refractivity contribution in [1.82, 2.24) is 0 Å². The van der Waals surface area contributed by atoms with Gasteiger partial charge in [-0.2, -0.15) is 0 Å². The highest BCUT2D eigenvalue weighted by atomic mass is 79.9. The molecular formula is C17H14BrN3O3S. The molecule has 0 saturated heterocycles. The normalized spacial score (nSPS) is 13.4. The molecule has 8 heteroatoms. The highest BCUT2D eigenvalue weighted by molar-refractivity contribution is 9.10. The summed E-state index contributed by atoms with van der Waals surface area (Å²) in [5.41, 5.74) is 3.44. The minimum Gasteiger partial charge on any atom is -0.496 e. The molecule has 128 valence electrons. The van der Waals surface area contributed by atoms with Crippen LogP contribution < -0.4 is 4.74 Å². The minimum absolute atomic E-state index is 0.0416. The monoisotopic (exact) mass is 419 g/mol. The van der Waals surface area contributed by atoms with Crippen molar-refractivity contribution in [2.45, 2.75) is 6.42 Å². The van der Waals surface area contributed by atoms with Crippen LogP contribution in [0.5, 0.6) is 5.75 Å². The van der Waals surface area contributed by atoms with E-state index in [9.17, 15) is 10.1 Å². The first-order valence-corrected chi connectivity index (χ1v) is 9.35. The maximum atomic E-state index is 10.9. The number of methoxy groups -OCH3 is 1. The fourth-order valence-corrected chi connectivity index (χ4v) is 3.52. The lowest BCUT2D eigenvalue weighted by molar-refractivity contribution is -0.384. The van der Waals surface area contributed by atoms with Crippen LogP contribution in [0.4, 0.5) is 5.69 Å². The van der Waals surface area contributed by atoms with Gasteiger partial charge in [0.15, 0.2) is 0 Å². The Labute approximate surface area is 157 Å². The van der Waals surface area contributed by atoms with Gasteiger partial charge in [0.1, 0.15) is 11.5 Å². The molecule has 0 unspecified atom stereocenters. The summed E-state index contributed by atoms with van der Waals surface area (Å²) in [5, 5.41) is 20.5. The number of halogens is 1. The van der Waals surface area contributed by atoms with Crippen LogP contribution in [0.1, 0.15) is 16.7 Å². The minimum atomic E-state index is -0.420. The van der Waals surface area contributed by atoms with Gasteiger partial charge in [0, 0.05) is 29.7 Å². The van der Waals surface area contributed by atoms with E-state index >= 15 is 0 Å². The summed E-state index contributed by atoms with van der Waals surface area (Å²) < 4.78 is 6.27. The zero-order valence-corrected chi connectivity index (χ0v) is 15.9. The molecule has 2 aromatic rings. The summed E-state index contributed by atoms with van der Waals surface area (Å²) in [6, 6.07) is 10.2. The van der Waals surface area contributed by atoms with Crippen LogP contribution >= 0.6 is 27.7 Å². The van der Waals surface area contributed by atoms with Gasteiger partial charge in [-0.05, 0) is 52.0 Å². The molecule has 0 aliphatic carbocycles. The Balaban J connectivity index is 2.16. The lowest BCUT2D eigenvalue weighted by Crippen LogP contribution is -2.08.